The highest BCUT2D eigenvalue weighted by atomic mass is 19.1. The second kappa shape index (κ2) is 5.49. The van der Waals surface area contributed by atoms with Crippen LogP contribution in [0.25, 0.3) is 0 Å². The molecule has 0 unspecified atom stereocenters. The molecule has 3 nitrogen and oxygen atoms in total. The van der Waals surface area contributed by atoms with E-state index in [1.165, 1.54) is 13.0 Å². The van der Waals surface area contributed by atoms with Gasteiger partial charge in [-0.05, 0) is 32.9 Å². The first-order chi connectivity index (χ1) is 7.61. The summed E-state index contributed by atoms with van der Waals surface area (Å²) in [6.45, 7) is 5.59. The van der Waals surface area contributed by atoms with Gasteiger partial charge in [0, 0.05) is 0 Å². The van der Waals surface area contributed by atoms with Crippen LogP contribution in [0, 0.1) is 5.82 Å². The van der Waals surface area contributed by atoms with Gasteiger partial charge in [-0.2, -0.15) is 0 Å². The number of benzene rings is 1. The van der Waals surface area contributed by atoms with Crippen LogP contribution in [0.15, 0.2) is 12.1 Å². The number of halogens is 1. The quantitative estimate of drug-likeness (QED) is 0.724. The third kappa shape index (κ3) is 2.51. The zero-order valence-corrected chi connectivity index (χ0v) is 9.67. The van der Waals surface area contributed by atoms with Gasteiger partial charge in [0.05, 0.1) is 18.8 Å². The van der Waals surface area contributed by atoms with E-state index in [9.17, 15) is 9.18 Å². The van der Waals surface area contributed by atoms with E-state index < -0.39 is 5.82 Å². The molecule has 0 saturated carbocycles. The first-order valence-electron chi connectivity index (χ1n) is 5.20. The Kier molecular flexibility index (Phi) is 4.28. The van der Waals surface area contributed by atoms with E-state index in [2.05, 4.69) is 0 Å². The van der Waals surface area contributed by atoms with E-state index in [0.717, 1.165) is 0 Å². The van der Waals surface area contributed by atoms with Crippen molar-refractivity contribution in [3.8, 4) is 11.5 Å². The largest absolute Gasteiger partial charge is 0.490 e. The van der Waals surface area contributed by atoms with E-state index in [4.69, 9.17) is 9.47 Å². The predicted octanol–water partition coefficient (Wildman–Crippen LogP) is 2.83. The summed E-state index contributed by atoms with van der Waals surface area (Å²) in [5.74, 6) is -0.647. The smallest absolute Gasteiger partial charge is 0.197 e. The second-order valence-corrected chi connectivity index (χ2v) is 3.18. The predicted molar refractivity (Wildman–Crippen MR) is 58.7 cm³/mol. The molecule has 0 fully saturated rings. The van der Waals surface area contributed by atoms with Crippen LogP contribution in [0.1, 0.15) is 31.1 Å². The van der Waals surface area contributed by atoms with Gasteiger partial charge in [0.25, 0.3) is 0 Å². The topological polar surface area (TPSA) is 35.5 Å². The van der Waals surface area contributed by atoms with Crippen LogP contribution in [0.5, 0.6) is 11.5 Å². The zero-order valence-electron chi connectivity index (χ0n) is 9.67. The summed E-state index contributed by atoms with van der Waals surface area (Å²) in [4.78, 5) is 11.2. The van der Waals surface area contributed by atoms with Crippen molar-refractivity contribution >= 4 is 5.78 Å². The lowest BCUT2D eigenvalue weighted by atomic mass is 10.1. The first-order valence-corrected chi connectivity index (χ1v) is 5.20. The Balaban J connectivity index is 3.23. The molecule has 0 N–H and O–H groups in total. The van der Waals surface area contributed by atoms with Gasteiger partial charge in [-0.1, -0.05) is 0 Å². The number of Topliss-reactive ketones (excluding diaryl/α,β-unsaturated/α-hetero) is 1. The molecule has 0 amide bonds. The fourth-order valence-electron chi connectivity index (χ4n) is 1.36. The summed E-state index contributed by atoms with van der Waals surface area (Å²) in [6.07, 6.45) is 0. The summed E-state index contributed by atoms with van der Waals surface area (Å²) in [6, 6.07) is 2.96. The van der Waals surface area contributed by atoms with Gasteiger partial charge in [0.2, 0.25) is 0 Å². The van der Waals surface area contributed by atoms with E-state index in [1.807, 2.05) is 0 Å². The maximum absolute atomic E-state index is 13.9. The van der Waals surface area contributed by atoms with Crippen molar-refractivity contribution < 1.29 is 18.7 Å². The van der Waals surface area contributed by atoms with Gasteiger partial charge in [0.15, 0.2) is 23.1 Å². The zero-order chi connectivity index (χ0) is 12.1. The van der Waals surface area contributed by atoms with Crippen LogP contribution < -0.4 is 9.47 Å². The van der Waals surface area contributed by atoms with Gasteiger partial charge in [0.1, 0.15) is 0 Å². The lowest BCUT2D eigenvalue weighted by Gasteiger charge is -2.12. The monoisotopic (exact) mass is 226 g/mol. The van der Waals surface area contributed by atoms with Crippen molar-refractivity contribution in [1.82, 2.24) is 0 Å². The van der Waals surface area contributed by atoms with E-state index in [0.29, 0.717) is 19.0 Å². The number of hydrogen-bond acceptors (Lipinski definition) is 3. The molecule has 0 aliphatic carbocycles. The Bertz CT molecular complexity index is 388. The molecule has 4 heteroatoms. The molecule has 16 heavy (non-hydrogen) atoms. The van der Waals surface area contributed by atoms with Crippen molar-refractivity contribution in [3.05, 3.63) is 23.5 Å². The minimum Gasteiger partial charge on any atom is -0.490 e. The summed E-state index contributed by atoms with van der Waals surface area (Å²) < 4.78 is 24.3. The fourth-order valence-corrected chi connectivity index (χ4v) is 1.36. The van der Waals surface area contributed by atoms with Crippen LogP contribution in [0.2, 0.25) is 0 Å². The summed E-state index contributed by atoms with van der Waals surface area (Å²) >= 11 is 0. The Morgan fingerprint density at radius 2 is 1.88 bits per heavy atom. The number of ketones is 1. The molecule has 0 saturated heterocycles. The van der Waals surface area contributed by atoms with E-state index in [1.54, 1.807) is 19.9 Å². The van der Waals surface area contributed by atoms with Crippen LogP contribution in [0.4, 0.5) is 4.39 Å². The molecule has 1 rings (SSSR count). The van der Waals surface area contributed by atoms with Crippen LogP contribution in [0.3, 0.4) is 0 Å². The number of carbonyl (C=O) groups is 1. The van der Waals surface area contributed by atoms with E-state index >= 15 is 0 Å². The van der Waals surface area contributed by atoms with Gasteiger partial charge in [-0.15, -0.1) is 0 Å². The number of rotatable bonds is 5. The highest BCUT2D eigenvalue weighted by molar-refractivity contribution is 5.95. The standard InChI is InChI=1S/C12H15FO3/c1-4-15-10-7-6-9(8(3)14)11(13)12(10)16-5-2/h6-7H,4-5H2,1-3H3. The average Bonchev–Trinajstić information content (AvgIpc) is 2.23. The molecule has 0 heterocycles. The number of ether oxygens (including phenoxy) is 2. The molecule has 0 aliphatic heterocycles. The Hall–Kier alpha value is -1.58. The van der Waals surface area contributed by atoms with Crippen molar-refractivity contribution in [2.45, 2.75) is 20.8 Å². The third-order valence-electron chi connectivity index (χ3n) is 2.03. The molecular weight excluding hydrogens is 211 g/mol. The van der Waals surface area contributed by atoms with Crippen LogP contribution in [-0.2, 0) is 0 Å². The highest BCUT2D eigenvalue weighted by Gasteiger charge is 2.17. The summed E-state index contributed by atoms with van der Waals surface area (Å²) in [5.41, 5.74) is 0.0203. The van der Waals surface area contributed by atoms with Gasteiger partial charge >= 0.3 is 0 Å². The number of hydrogen-bond donors (Lipinski definition) is 0. The van der Waals surface area contributed by atoms with Gasteiger partial charge in [-0.25, -0.2) is 4.39 Å². The van der Waals surface area contributed by atoms with Crippen molar-refractivity contribution in [3.63, 3.8) is 0 Å². The molecular formula is C12H15FO3. The summed E-state index contributed by atoms with van der Waals surface area (Å²) in [7, 11) is 0. The maximum atomic E-state index is 13.9. The fraction of sp³-hybridized carbons (Fsp3) is 0.417. The third-order valence-corrected chi connectivity index (χ3v) is 2.03. The molecule has 0 aliphatic rings. The first kappa shape index (κ1) is 12.5. The van der Waals surface area contributed by atoms with Crippen LogP contribution in [-0.4, -0.2) is 19.0 Å². The molecule has 88 valence electrons. The molecule has 0 spiro atoms. The normalized spacial score (nSPS) is 10.0. The Morgan fingerprint density at radius 1 is 1.25 bits per heavy atom. The molecule has 0 radical (unpaired) electrons. The molecule has 1 aromatic rings. The second-order valence-electron chi connectivity index (χ2n) is 3.18. The van der Waals surface area contributed by atoms with Crippen molar-refractivity contribution in [2.75, 3.05) is 13.2 Å². The van der Waals surface area contributed by atoms with E-state index in [-0.39, 0.29) is 17.1 Å². The maximum Gasteiger partial charge on any atom is 0.197 e. The Labute approximate surface area is 94.2 Å². The lowest BCUT2D eigenvalue weighted by Crippen LogP contribution is -2.05. The average molecular weight is 226 g/mol. The molecule has 1 aromatic carbocycles. The lowest BCUT2D eigenvalue weighted by molar-refractivity contribution is 0.101. The molecule has 0 bridgehead atoms. The molecule has 0 atom stereocenters. The highest BCUT2D eigenvalue weighted by Crippen LogP contribution is 2.32. The Morgan fingerprint density at radius 3 is 2.38 bits per heavy atom. The summed E-state index contributed by atoms with van der Waals surface area (Å²) in [5, 5.41) is 0. The minimum atomic E-state index is -0.652. The SMILES string of the molecule is CCOc1ccc(C(C)=O)c(F)c1OCC. The van der Waals surface area contributed by atoms with Crippen LogP contribution >= 0.6 is 0 Å². The minimum absolute atomic E-state index is 0.0112. The number of carbonyl (C=O) groups excluding carboxylic acids is 1. The van der Waals surface area contributed by atoms with Crippen molar-refractivity contribution in [2.24, 2.45) is 0 Å². The van der Waals surface area contributed by atoms with Gasteiger partial charge in [-0.3, -0.25) is 4.79 Å². The van der Waals surface area contributed by atoms with Crippen molar-refractivity contribution in [1.29, 1.82) is 0 Å². The van der Waals surface area contributed by atoms with Gasteiger partial charge < -0.3 is 9.47 Å². The molecule has 0 aromatic heterocycles.